The number of benzene rings is 1. The zero-order valence-corrected chi connectivity index (χ0v) is 18.2. The normalized spacial score (nSPS) is 15.2. The zero-order valence-electron chi connectivity index (χ0n) is 17.4. The van der Waals surface area contributed by atoms with Crippen LogP contribution in [0.3, 0.4) is 0 Å². The molecule has 0 radical (unpaired) electrons. The Balaban J connectivity index is 1.82. The molecule has 3 N–H and O–H groups in total. The number of H-pyrrole nitrogens is 1. The molecule has 1 aliphatic rings. The van der Waals surface area contributed by atoms with Gasteiger partial charge in [-0.1, -0.05) is 25.5 Å². The first kappa shape index (κ1) is 20.8. The maximum Gasteiger partial charge on any atom is 0.244 e. The van der Waals surface area contributed by atoms with Gasteiger partial charge in [-0.3, -0.25) is 5.10 Å². The van der Waals surface area contributed by atoms with E-state index in [0.29, 0.717) is 17.2 Å². The van der Waals surface area contributed by atoms with E-state index < -0.39 is 0 Å². The van der Waals surface area contributed by atoms with E-state index in [1.165, 1.54) is 0 Å². The fourth-order valence-corrected chi connectivity index (χ4v) is 4.62. The van der Waals surface area contributed by atoms with Crippen molar-refractivity contribution in [1.29, 1.82) is 5.26 Å². The average Bonchev–Trinajstić information content (AvgIpc) is 3.19. The third-order valence-corrected chi connectivity index (χ3v) is 6.18. The minimum atomic E-state index is -0.362. The van der Waals surface area contributed by atoms with Gasteiger partial charge in [-0.2, -0.15) is 5.26 Å². The van der Waals surface area contributed by atoms with E-state index in [2.05, 4.69) is 28.2 Å². The Kier molecular flexibility index (Phi) is 6.14. The third kappa shape index (κ3) is 4.09. The number of aromatic nitrogens is 3. The monoisotopic (exact) mass is 433 g/mol. The highest BCUT2D eigenvalue weighted by Gasteiger charge is 2.36. The summed E-state index contributed by atoms with van der Waals surface area (Å²) in [5.74, 6) is 1.58. The number of aromatic amines is 1. The predicted octanol–water partition coefficient (Wildman–Crippen LogP) is 4.28. The molecule has 4 rings (SSSR count). The molecule has 0 spiro atoms. The third-order valence-electron chi connectivity index (χ3n) is 5.19. The standard InChI is InChI=1S/C23H23N5O2S/c1-3-6-18-21-20(17(12-24)22(25)30-23(21)28-27-18)16-9-8-15(29-2)11-14(16)13-31-19-7-4-5-10-26-19/h4-5,7-11,20H,3,6,13,25H2,1-2H3,(H,27,28). The Morgan fingerprint density at radius 1 is 1.32 bits per heavy atom. The first-order chi connectivity index (χ1) is 15.2. The number of rotatable bonds is 7. The van der Waals surface area contributed by atoms with E-state index in [-0.39, 0.29) is 11.8 Å². The number of pyridine rings is 1. The minimum absolute atomic E-state index is 0.0914. The number of hydrogen-bond donors (Lipinski definition) is 2. The SMILES string of the molecule is CCCc1[nH]nc2c1C(c1ccc(OC)cc1CSc1ccccn1)C(C#N)=C(N)O2. The van der Waals surface area contributed by atoms with Gasteiger partial charge < -0.3 is 15.2 Å². The average molecular weight is 434 g/mol. The van der Waals surface area contributed by atoms with Crippen LogP contribution in [0, 0.1) is 11.3 Å². The lowest BCUT2D eigenvalue weighted by Crippen LogP contribution is -2.22. The second-order valence-corrected chi connectivity index (χ2v) is 8.11. The van der Waals surface area contributed by atoms with Gasteiger partial charge in [0, 0.05) is 23.2 Å². The van der Waals surface area contributed by atoms with Crippen LogP contribution in [0.4, 0.5) is 0 Å². The molecule has 0 bridgehead atoms. The minimum Gasteiger partial charge on any atom is -0.497 e. The highest BCUT2D eigenvalue weighted by atomic mass is 32.2. The van der Waals surface area contributed by atoms with Gasteiger partial charge in [0.1, 0.15) is 17.4 Å². The van der Waals surface area contributed by atoms with Gasteiger partial charge in [0.2, 0.25) is 11.8 Å². The number of nitrogens with one attached hydrogen (secondary N) is 1. The van der Waals surface area contributed by atoms with Crippen LogP contribution in [-0.4, -0.2) is 22.3 Å². The molecule has 31 heavy (non-hydrogen) atoms. The van der Waals surface area contributed by atoms with Gasteiger partial charge in [0.05, 0.1) is 18.1 Å². The van der Waals surface area contributed by atoms with Gasteiger partial charge >= 0.3 is 0 Å². The Bertz CT molecular complexity index is 1150. The summed E-state index contributed by atoms with van der Waals surface area (Å²) in [6.07, 6.45) is 3.52. The lowest BCUT2D eigenvalue weighted by Gasteiger charge is -2.26. The number of thioether (sulfide) groups is 1. The Morgan fingerprint density at radius 2 is 2.19 bits per heavy atom. The Labute approximate surface area is 185 Å². The second-order valence-electron chi connectivity index (χ2n) is 7.12. The molecule has 0 saturated heterocycles. The summed E-state index contributed by atoms with van der Waals surface area (Å²) >= 11 is 1.63. The van der Waals surface area contributed by atoms with Gasteiger partial charge in [-0.25, -0.2) is 4.98 Å². The van der Waals surface area contributed by atoms with Crippen molar-refractivity contribution in [3.63, 3.8) is 0 Å². The van der Waals surface area contributed by atoms with E-state index in [9.17, 15) is 5.26 Å². The molecule has 0 saturated carbocycles. The first-order valence-electron chi connectivity index (χ1n) is 10.0. The quantitative estimate of drug-likeness (QED) is 0.535. The predicted molar refractivity (Wildman–Crippen MR) is 119 cm³/mol. The molecule has 1 unspecified atom stereocenters. The lowest BCUT2D eigenvalue weighted by molar-refractivity contribution is 0.378. The van der Waals surface area contributed by atoms with Crippen molar-refractivity contribution in [2.45, 2.75) is 36.5 Å². The topological polar surface area (TPSA) is 110 Å². The summed E-state index contributed by atoms with van der Waals surface area (Å²) in [5, 5.41) is 18.3. The number of nitrogens with two attached hydrogens (primary N) is 1. The largest absolute Gasteiger partial charge is 0.497 e. The van der Waals surface area contributed by atoms with Crippen LogP contribution in [0.2, 0.25) is 0 Å². The summed E-state index contributed by atoms with van der Waals surface area (Å²) in [6.45, 7) is 2.10. The molecule has 158 valence electrons. The molecule has 3 aromatic rings. The number of ether oxygens (including phenoxy) is 2. The van der Waals surface area contributed by atoms with E-state index in [1.807, 2.05) is 36.4 Å². The maximum atomic E-state index is 9.94. The van der Waals surface area contributed by atoms with Crippen LogP contribution >= 0.6 is 11.8 Å². The summed E-state index contributed by atoms with van der Waals surface area (Å²) in [5.41, 5.74) is 10.4. The second kappa shape index (κ2) is 9.14. The molecule has 1 aliphatic heterocycles. The molecule has 1 aromatic carbocycles. The van der Waals surface area contributed by atoms with Crippen LogP contribution in [0.1, 0.15) is 41.6 Å². The summed E-state index contributed by atoms with van der Waals surface area (Å²) in [6, 6.07) is 14.0. The molecule has 0 aliphatic carbocycles. The van der Waals surface area contributed by atoms with Crippen molar-refractivity contribution in [2.75, 3.05) is 7.11 Å². The van der Waals surface area contributed by atoms with Crippen molar-refractivity contribution in [1.82, 2.24) is 15.2 Å². The van der Waals surface area contributed by atoms with Gasteiger partial charge in [0.25, 0.3) is 0 Å². The van der Waals surface area contributed by atoms with E-state index in [0.717, 1.165) is 46.0 Å². The van der Waals surface area contributed by atoms with Gasteiger partial charge in [-0.05, 0) is 41.8 Å². The summed E-state index contributed by atoms with van der Waals surface area (Å²) in [4.78, 5) is 4.40. The maximum absolute atomic E-state index is 9.94. The van der Waals surface area contributed by atoms with Gasteiger partial charge in [-0.15, -0.1) is 16.9 Å². The first-order valence-corrected chi connectivity index (χ1v) is 11.0. The number of nitriles is 1. The van der Waals surface area contributed by atoms with E-state index in [4.69, 9.17) is 15.2 Å². The molecule has 2 aromatic heterocycles. The van der Waals surface area contributed by atoms with Crippen molar-refractivity contribution >= 4 is 11.8 Å². The van der Waals surface area contributed by atoms with Crippen molar-refractivity contribution in [3.05, 3.63) is 76.4 Å². The summed E-state index contributed by atoms with van der Waals surface area (Å²) < 4.78 is 11.2. The molecular weight excluding hydrogens is 410 g/mol. The number of fused-ring (bicyclic) bond motifs is 1. The molecule has 0 amide bonds. The van der Waals surface area contributed by atoms with Crippen molar-refractivity contribution in [3.8, 4) is 17.7 Å². The van der Waals surface area contributed by atoms with Gasteiger partial charge in [0.15, 0.2) is 0 Å². The Hall–Kier alpha value is -3.44. The number of methoxy groups -OCH3 is 1. The highest BCUT2D eigenvalue weighted by Crippen LogP contribution is 2.45. The van der Waals surface area contributed by atoms with Crippen molar-refractivity contribution < 1.29 is 9.47 Å². The van der Waals surface area contributed by atoms with Crippen LogP contribution in [0.5, 0.6) is 11.6 Å². The van der Waals surface area contributed by atoms with Crippen LogP contribution in [0.25, 0.3) is 0 Å². The van der Waals surface area contributed by atoms with Crippen LogP contribution in [0.15, 0.2) is 59.1 Å². The molecule has 1 atom stereocenters. The fraction of sp³-hybridized carbons (Fsp3) is 0.261. The number of aryl methyl sites for hydroxylation is 1. The molecule has 0 fully saturated rings. The molecule has 8 heteroatoms. The van der Waals surface area contributed by atoms with E-state index in [1.54, 1.807) is 25.1 Å². The molecule has 7 nitrogen and oxygen atoms in total. The Morgan fingerprint density at radius 3 is 2.90 bits per heavy atom. The van der Waals surface area contributed by atoms with Crippen molar-refractivity contribution in [2.24, 2.45) is 5.73 Å². The molecular formula is C23H23N5O2S. The molecule has 3 heterocycles. The summed E-state index contributed by atoms with van der Waals surface area (Å²) in [7, 11) is 1.64. The zero-order chi connectivity index (χ0) is 21.8. The number of nitrogens with zero attached hydrogens (tertiary/aromatic N) is 3. The fourth-order valence-electron chi connectivity index (χ4n) is 3.76. The van der Waals surface area contributed by atoms with E-state index >= 15 is 0 Å². The number of hydrogen-bond acceptors (Lipinski definition) is 7. The smallest absolute Gasteiger partial charge is 0.244 e. The van der Waals surface area contributed by atoms with Crippen LogP contribution < -0.4 is 15.2 Å². The van der Waals surface area contributed by atoms with Crippen LogP contribution in [-0.2, 0) is 12.2 Å². The highest BCUT2D eigenvalue weighted by molar-refractivity contribution is 7.98. The number of allylic oxidation sites excluding steroid dienone is 1. The lowest BCUT2D eigenvalue weighted by atomic mass is 9.81.